The van der Waals surface area contributed by atoms with Crippen molar-refractivity contribution in [1.82, 2.24) is 0 Å². The zero-order chi connectivity index (χ0) is 18.2. The molecule has 0 aromatic heterocycles. The van der Waals surface area contributed by atoms with Gasteiger partial charge in [0.25, 0.3) is 0 Å². The number of carbonyl (C=O) groups excluding carboxylic acids is 2. The Morgan fingerprint density at radius 3 is 1.19 bits per heavy atom. The van der Waals surface area contributed by atoms with E-state index in [2.05, 4.69) is 0 Å². The van der Waals surface area contributed by atoms with E-state index in [1.165, 1.54) is 0 Å². The Balaban J connectivity index is 1.66. The van der Waals surface area contributed by atoms with Crippen LogP contribution in [0.1, 0.15) is 31.8 Å². The first-order valence-corrected chi connectivity index (χ1v) is 8.37. The molecule has 2 heteroatoms. The molecule has 3 aromatic rings. The van der Waals surface area contributed by atoms with E-state index in [0.29, 0.717) is 11.1 Å². The van der Waals surface area contributed by atoms with Crippen LogP contribution in [0, 0.1) is 0 Å². The van der Waals surface area contributed by atoms with Crippen LogP contribution in [0.15, 0.2) is 97.1 Å². The van der Waals surface area contributed by atoms with Crippen LogP contribution < -0.4 is 0 Å². The fraction of sp³-hybridized carbons (Fsp3) is 0. The van der Waals surface area contributed by atoms with Gasteiger partial charge in [-0.2, -0.15) is 0 Å². The summed E-state index contributed by atoms with van der Waals surface area (Å²) < 4.78 is 0. The first-order chi connectivity index (χ1) is 12.7. The van der Waals surface area contributed by atoms with Gasteiger partial charge in [0.15, 0.2) is 11.6 Å². The zero-order valence-electron chi connectivity index (χ0n) is 14.2. The number of hydrogen-bond acceptors (Lipinski definition) is 2. The number of rotatable bonds is 6. The third-order valence-electron chi connectivity index (χ3n) is 3.91. The second kappa shape index (κ2) is 8.54. The lowest BCUT2D eigenvalue weighted by Gasteiger charge is -1.99. The zero-order valence-corrected chi connectivity index (χ0v) is 14.2. The van der Waals surface area contributed by atoms with Gasteiger partial charge in [-0.05, 0) is 23.3 Å². The molecule has 0 saturated carbocycles. The molecule has 3 aromatic carbocycles. The first kappa shape index (κ1) is 17.3. The Kier molecular flexibility index (Phi) is 5.69. The summed E-state index contributed by atoms with van der Waals surface area (Å²) in [6.07, 6.45) is 6.65. The maximum absolute atomic E-state index is 12.2. The lowest BCUT2D eigenvalue weighted by molar-refractivity contribution is 0.103. The van der Waals surface area contributed by atoms with Crippen LogP contribution in [0.4, 0.5) is 0 Å². The van der Waals surface area contributed by atoms with Crippen molar-refractivity contribution in [3.05, 3.63) is 119 Å². The van der Waals surface area contributed by atoms with Gasteiger partial charge in [0.05, 0.1) is 0 Å². The molecule has 0 N–H and O–H groups in total. The molecule has 0 aliphatic heterocycles. The number of carbonyl (C=O) groups is 2. The van der Waals surface area contributed by atoms with Crippen molar-refractivity contribution in [3.8, 4) is 0 Å². The summed E-state index contributed by atoms with van der Waals surface area (Å²) in [4.78, 5) is 24.4. The van der Waals surface area contributed by atoms with E-state index >= 15 is 0 Å². The number of benzene rings is 3. The van der Waals surface area contributed by atoms with E-state index in [1.807, 2.05) is 60.7 Å². The number of ketones is 2. The van der Waals surface area contributed by atoms with Gasteiger partial charge in [-0.1, -0.05) is 97.1 Å². The minimum absolute atomic E-state index is 0.0901. The Morgan fingerprint density at radius 2 is 0.846 bits per heavy atom. The molecule has 0 aliphatic rings. The molecule has 0 radical (unpaired) electrons. The first-order valence-electron chi connectivity index (χ1n) is 8.37. The van der Waals surface area contributed by atoms with Crippen molar-refractivity contribution in [3.63, 3.8) is 0 Å². The molecular weight excluding hydrogens is 320 g/mol. The molecule has 0 fully saturated rings. The van der Waals surface area contributed by atoms with Crippen LogP contribution in [0.2, 0.25) is 0 Å². The van der Waals surface area contributed by atoms with Crippen LogP contribution >= 0.6 is 0 Å². The normalized spacial score (nSPS) is 11.1. The van der Waals surface area contributed by atoms with Crippen LogP contribution in [0.5, 0.6) is 0 Å². The van der Waals surface area contributed by atoms with Gasteiger partial charge in [-0.15, -0.1) is 0 Å². The lowest BCUT2D eigenvalue weighted by Crippen LogP contribution is -1.98. The monoisotopic (exact) mass is 338 g/mol. The Hall–Kier alpha value is -3.52. The molecular formula is C24H18O2. The van der Waals surface area contributed by atoms with E-state index in [9.17, 15) is 9.59 Å². The maximum atomic E-state index is 12.2. The highest BCUT2D eigenvalue weighted by atomic mass is 16.1. The van der Waals surface area contributed by atoms with E-state index in [-0.39, 0.29) is 11.6 Å². The van der Waals surface area contributed by atoms with Crippen LogP contribution in [0.25, 0.3) is 12.2 Å². The van der Waals surface area contributed by atoms with Gasteiger partial charge in [0.2, 0.25) is 0 Å². The van der Waals surface area contributed by atoms with Gasteiger partial charge >= 0.3 is 0 Å². The highest BCUT2D eigenvalue weighted by Crippen LogP contribution is 2.10. The van der Waals surface area contributed by atoms with E-state index < -0.39 is 0 Å². The predicted octanol–water partition coefficient (Wildman–Crippen LogP) is 5.48. The van der Waals surface area contributed by atoms with Crippen molar-refractivity contribution < 1.29 is 9.59 Å². The largest absolute Gasteiger partial charge is 0.289 e. The van der Waals surface area contributed by atoms with Crippen molar-refractivity contribution in [2.24, 2.45) is 0 Å². The van der Waals surface area contributed by atoms with Crippen LogP contribution in [-0.4, -0.2) is 11.6 Å². The smallest absolute Gasteiger partial charge is 0.185 e. The molecule has 0 amide bonds. The highest BCUT2D eigenvalue weighted by Gasteiger charge is 2.05. The van der Waals surface area contributed by atoms with Gasteiger partial charge in [0.1, 0.15) is 0 Å². The van der Waals surface area contributed by atoms with Crippen molar-refractivity contribution in [1.29, 1.82) is 0 Å². The number of allylic oxidation sites excluding steroid dienone is 2. The Bertz CT molecular complexity index is 854. The molecule has 0 saturated heterocycles. The molecule has 0 heterocycles. The molecule has 2 nitrogen and oxygen atoms in total. The average molecular weight is 338 g/mol. The second-order valence-corrected chi connectivity index (χ2v) is 5.79. The standard InChI is InChI=1S/C24H18O2/c25-23(17-11-19-7-3-1-4-8-19)21-13-15-22(16-14-21)24(26)18-12-20-9-5-2-6-10-20/h1-18H. The number of hydrogen-bond donors (Lipinski definition) is 0. The van der Waals surface area contributed by atoms with Gasteiger partial charge < -0.3 is 0 Å². The summed E-state index contributed by atoms with van der Waals surface area (Å²) in [6.45, 7) is 0. The highest BCUT2D eigenvalue weighted by molar-refractivity contribution is 6.09. The summed E-state index contributed by atoms with van der Waals surface area (Å²) >= 11 is 0. The summed E-state index contributed by atoms with van der Waals surface area (Å²) in [5, 5.41) is 0. The molecule has 0 unspecified atom stereocenters. The van der Waals surface area contributed by atoms with E-state index in [4.69, 9.17) is 0 Å². The molecule has 3 rings (SSSR count). The van der Waals surface area contributed by atoms with Crippen molar-refractivity contribution >= 4 is 23.7 Å². The van der Waals surface area contributed by atoms with Gasteiger partial charge in [-0.3, -0.25) is 9.59 Å². The second-order valence-electron chi connectivity index (χ2n) is 5.79. The molecule has 0 bridgehead atoms. The third-order valence-corrected chi connectivity index (χ3v) is 3.91. The summed E-state index contributed by atoms with van der Waals surface area (Å²) in [5.74, 6) is -0.180. The van der Waals surface area contributed by atoms with Gasteiger partial charge in [0, 0.05) is 11.1 Å². The average Bonchev–Trinajstić information content (AvgIpc) is 2.72. The van der Waals surface area contributed by atoms with Crippen LogP contribution in [-0.2, 0) is 0 Å². The molecule has 126 valence electrons. The van der Waals surface area contributed by atoms with Crippen molar-refractivity contribution in [2.45, 2.75) is 0 Å². The van der Waals surface area contributed by atoms with Crippen molar-refractivity contribution in [2.75, 3.05) is 0 Å². The van der Waals surface area contributed by atoms with E-state index in [1.54, 1.807) is 48.6 Å². The molecule has 26 heavy (non-hydrogen) atoms. The summed E-state index contributed by atoms with van der Waals surface area (Å²) in [6, 6.07) is 26.0. The lowest BCUT2D eigenvalue weighted by atomic mass is 10.0. The predicted molar refractivity (Wildman–Crippen MR) is 106 cm³/mol. The Labute approximate surface area is 153 Å². The SMILES string of the molecule is O=C(C=Cc1ccccc1)c1ccc(C(=O)C=Cc2ccccc2)cc1. The fourth-order valence-corrected chi connectivity index (χ4v) is 2.46. The topological polar surface area (TPSA) is 34.1 Å². The third kappa shape index (κ3) is 4.74. The van der Waals surface area contributed by atoms with Crippen LogP contribution in [0.3, 0.4) is 0 Å². The fourth-order valence-electron chi connectivity index (χ4n) is 2.46. The Morgan fingerprint density at radius 1 is 0.500 bits per heavy atom. The quantitative estimate of drug-likeness (QED) is 0.440. The maximum Gasteiger partial charge on any atom is 0.185 e. The minimum Gasteiger partial charge on any atom is -0.289 e. The van der Waals surface area contributed by atoms with E-state index in [0.717, 1.165) is 11.1 Å². The molecule has 0 aliphatic carbocycles. The summed E-state index contributed by atoms with van der Waals surface area (Å²) in [7, 11) is 0. The molecule has 0 atom stereocenters. The van der Waals surface area contributed by atoms with Gasteiger partial charge in [-0.25, -0.2) is 0 Å². The summed E-state index contributed by atoms with van der Waals surface area (Å²) in [5.41, 5.74) is 3.05. The molecule has 0 spiro atoms. The minimum atomic E-state index is -0.0901.